The van der Waals surface area contributed by atoms with Gasteiger partial charge in [-0.1, -0.05) is 6.07 Å². The van der Waals surface area contributed by atoms with Crippen LogP contribution in [0.1, 0.15) is 30.1 Å². The molecule has 4 nitrogen and oxygen atoms in total. The van der Waals surface area contributed by atoms with Crippen molar-refractivity contribution in [3.8, 4) is 0 Å². The van der Waals surface area contributed by atoms with Gasteiger partial charge in [-0.2, -0.15) is 0 Å². The minimum atomic E-state index is -0.683. The molecule has 2 aliphatic rings. The van der Waals surface area contributed by atoms with Crippen LogP contribution in [0.3, 0.4) is 0 Å². The lowest BCUT2D eigenvalue weighted by Gasteiger charge is -2.23. The van der Waals surface area contributed by atoms with E-state index in [2.05, 4.69) is 16.4 Å². The molecule has 0 spiro atoms. The molecule has 92 valence electrons. The molecule has 2 N–H and O–H groups in total. The Labute approximate surface area is 101 Å². The highest BCUT2D eigenvalue weighted by Gasteiger charge is 2.33. The lowest BCUT2D eigenvalue weighted by Crippen LogP contribution is -2.42. The monoisotopic (exact) mass is 234 g/mol. The maximum atomic E-state index is 10.2. The fourth-order valence-corrected chi connectivity index (χ4v) is 2.66. The minimum Gasteiger partial charge on any atom is -0.386 e. The molecular weight excluding hydrogens is 216 g/mol. The Morgan fingerprint density at radius 2 is 2.53 bits per heavy atom. The van der Waals surface area contributed by atoms with Crippen molar-refractivity contribution in [2.45, 2.75) is 30.9 Å². The molecule has 1 aromatic rings. The molecule has 0 saturated carbocycles. The van der Waals surface area contributed by atoms with Crippen molar-refractivity contribution < 1.29 is 9.84 Å². The summed E-state index contributed by atoms with van der Waals surface area (Å²) in [4.78, 5) is 4.43. The highest BCUT2D eigenvalue weighted by Crippen LogP contribution is 2.29. The number of pyridine rings is 1. The number of nitrogens with zero attached hydrogens (tertiary/aromatic N) is 1. The molecular formula is C13H18N2O2. The standard InChI is InChI=1S/C13H18N2O2/c16-13(5-7-17-9-13)8-15-11-4-3-10-2-1-6-14-12(10)11/h1-2,6,11,15-16H,3-5,7-9H2. The second-order valence-corrected chi connectivity index (χ2v) is 5.05. The topological polar surface area (TPSA) is 54.4 Å². The Morgan fingerprint density at radius 1 is 1.59 bits per heavy atom. The third kappa shape index (κ3) is 2.20. The van der Waals surface area contributed by atoms with Gasteiger partial charge in [-0.05, 0) is 24.5 Å². The van der Waals surface area contributed by atoms with Crippen molar-refractivity contribution in [2.75, 3.05) is 19.8 Å². The summed E-state index contributed by atoms with van der Waals surface area (Å²) in [5, 5.41) is 13.6. The third-order valence-electron chi connectivity index (χ3n) is 3.72. The van der Waals surface area contributed by atoms with Crippen LogP contribution >= 0.6 is 0 Å². The molecule has 1 saturated heterocycles. The zero-order valence-corrected chi connectivity index (χ0v) is 9.85. The molecule has 2 unspecified atom stereocenters. The first-order valence-electron chi connectivity index (χ1n) is 6.24. The SMILES string of the molecule is OC1(CNC2CCc3cccnc32)CCOC1. The van der Waals surface area contributed by atoms with Crippen molar-refractivity contribution in [2.24, 2.45) is 0 Å². The summed E-state index contributed by atoms with van der Waals surface area (Å²) in [5.74, 6) is 0. The molecule has 4 heteroatoms. The lowest BCUT2D eigenvalue weighted by molar-refractivity contribution is 0.0247. The van der Waals surface area contributed by atoms with E-state index in [9.17, 15) is 5.11 Å². The van der Waals surface area contributed by atoms with Gasteiger partial charge in [0.1, 0.15) is 5.60 Å². The summed E-state index contributed by atoms with van der Waals surface area (Å²) in [6.07, 6.45) is 4.72. The Morgan fingerprint density at radius 3 is 3.35 bits per heavy atom. The van der Waals surface area contributed by atoms with Gasteiger partial charge in [0.2, 0.25) is 0 Å². The van der Waals surface area contributed by atoms with Crippen LogP contribution < -0.4 is 5.32 Å². The number of fused-ring (bicyclic) bond motifs is 1. The first kappa shape index (κ1) is 11.1. The van der Waals surface area contributed by atoms with Crippen LogP contribution in [-0.2, 0) is 11.2 Å². The van der Waals surface area contributed by atoms with E-state index in [1.807, 2.05) is 12.3 Å². The first-order valence-corrected chi connectivity index (χ1v) is 6.24. The first-order chi connectivity index (χ1) is 8.27. The molecule has 0 radical (unpaired) electrons. The summed E-state index contributed by atoms with van der Waals surface area (Å²) in [7, 11) is 0. The number of hydrogen-bond donors (Lipinski definition) is 2. The summed E-state index contributed by atoms with van der Waals surface area (Å²) in [6.45, 7) is 1.70. The maximum Gasteiger partial charge on any atom is 0.103 e. The van der Waals surface area contributed by atoms with Crippen molar-refractivity contribution in [3.63, 3.8) is 0 Å². The van der Waals surface area contributed by atoms with E-state index in [-0.39, 0.29) is 6.04 Å². The number of aliphatic hydroxyl groups is 1. The van der Waals surface area contributed by atoms with Crippen LogP contribution in [0.15, 0.2) is 18.3 Å². The zero-order valence-electron chi connectivity index (χ0n) is 9.85. The Kier molecular flexibility index (Phi) is 2.86. The van der Waals surface area contributed by atoms with E-state index in [1.54, 1.807) is 0 Å². The fourth-order valence-electron chi connectivity index (χ4n) is 2.66. The van der Waals surface area contributed by atoms with Crippen molar-refractivity contribution >= 4 is 0 Å². The van der Waals surface area contributed by atoms with E-state index < -0.39 is 5.60 Å². The van der Waals surface area contributed by atoms with Gasteiger partial charge in [0.15, 0.2) is 0 Å². The van der Waals surface area contributed by atoms with Gasteiger partial charge < -0.3 is 15.2 Å². The van der Waals surface area contributed by atoms with Gasteiger partial charge in [-0.3, -0.25) is 4.98 Å². The van der Waals surface area contributed by atoms with Crippen LogP contribution in [0.4, 0.5) is 0 Å². The van der Waals surface area contributed by atoms with Gasteiger partial charge in [0.05, 0.1) is 18.3 Å². The van der Waals surface area contributed by atoms with Gasteiger partial charge in [0.25, 0.3) is 0 Å². The van der Waals surface area contributed by atoms with Gasteiger partial charge in [-0.15, -0.1) is 0 Å². The Bertz CT molecular complexity index is 402. The quantitative estimate of drug-likeness (QED) is 0.812. The molecule has 2 heterocycles. The molecule has 2 atom stereocenters. The van der Waals surface area contributed by atoms with Gasteiger partial charge >= 0.3 is 0 Å². The molecule has 1 fully saturated rings. The van der Waals surface area contributed by atoms with Gasteiger partial charge in [0, 0.05) is 25.8 Å². The van der Waals surface area contributed by atoms with Crippen LogP contribution in [0, 0.1) is 0 Å². The van der Waals surface area contributed by atoms with Crippen LogP contribution in [0.25, 0.3) is 0 Å². The number of hydrogen-bond acceptors (Lipinski definition) is 4. The fraction of sp³-hybridized carbons (Fsp3) is 0.615. The minimum absolute atomic E-state index is 0.288. The average molecular weight is 234 g/mol. The molecule has 1 aliphatic heterocycles. The Hall–Kier alpha value is -0.970. The molecule has 1 aromatic heterocycles. The largest absolute Gasteiger partial charge is 0.386 e. The predicted octanol–water partition coefficient (Wildman–Crippen LogP) is 0.810. The predicted molar refractivity (Wildman–Crippen MR) is 63.7 cm³/mol. The van der Waals surface area contributed by atoms with Crippen LogP contribution in [0.2, 0.25) is 0 Å². The molecule has 0 aromatic carbocycles. The maximum absolute atomic E-state index is 10.2. The van der Waals surface area contributed by atoms with E-state index in [1.165, 1.54) is 5.56 Å². The number of ether oxygens (including phenoxy) is 1. The molecule has 0 amide bonds. The normalized spacial score (nSPS) is 31.7. The zero-order chi connectivity index (χ0) is 11.7. The summed E-state index contributed by atoms with van der Waals surface area (Å²) < 4.78 is 5.24. The summed E-state index contributed by atoms with van der Waals surface area (Å²) in [5.41, 5.74) is 1.80. The molecule has 1 aliphatic carbocycles. The summed E-state index contributed by atoms with van der Waals surface area (Å²) >= 11 is 0. The second kappa shape index (κ2) is 4.37. The number of aromatic nitrogens is 1. The number of rotatable bonds is 3. The van der Waals surface area contributed by atoms with E-state index in [4.69, 9.17) is 4.74 Å². The molecule has 0 bridgehead atoms. The van der Waals surface area contributed by atoms with E-state index >= 15 is 0 Å². The second-order valence-electron chi connectivity index (χ2n) is 5.05. The third-order valence-corrected chi connectivity index (χ3v) is 3.72. The van der Waals surface area contributed by atoms with Crippen molar-refractivity contribution in [1.29, 1.82) is 0 Å². The highest BCUT2D eigenvalue weighted by molar-refractivity contribution is 5.27. The van der Waals surface area contributed by atoms with Crippen LogP contribution in [0.5, 0.6) is 0 Å². The van der Waals surface area contributed by atoms with Crippen molar-refractivity contribution in [3.05, 3.63) is 29.6 Å². The number of aryl methyl sites for hydroxylation is 1. The van der Waals surface area contributed by atoms with E-state index in [0.29, 0.717) is 19.8 Å². The highest BCUT2D eigenvalue weighted by atomic mass is 16.5. The Balaban J connectivity index is 1.64. The molecule has 3 rings (SSSR count). The lowest BCUT2D eigenvalue weighted by atomic mass is 10.0. The molecule has 17 heavy (non-hydrogen) atoms. The van der Waals surface area contributed by atoms with Gasteiger partial charge in [-0.25, -0.2) is 0 Å². The van der Waals surface area contributed by atoms with Crippen LogP contribution in [-0.4, -0.2) is 35.5 Å². The van der Waals surface area contributed by atoms with Crippen molar-refractivity contribution in [1.82, 2.24) is 10.3 Å². The number of nitrogens with one attached hydrogen (secondary N) is 1. The summed E-state index contributed by atoms with van der Waals surface area (Å²) in [6, 6.07) is 4.41. The average Bonchev–Trinajstić information content (AvgIpc) is 2.94. The van der Waals surface area contributed by atoms with E-state index in [0.717, 1.165) is 25.0 Å². The smallest absolute Gasteiger partial charge is 0.103 e.